The number of aliphatic imine (C=N–C) groups is 1. The molecule has 0 amide bonds. The monoisotopic (exact) mass is 566 g/mol. The van der Waals surface area contributed by atoms with Gasteiger partial charge in [-0.25, -0.2) is 14.4 Å². The fourth-order valence-corrected chi connectivity index (χ4v) is 5.53. The maximum Gasteiger partial charge on any atom is 0.419 e. The molecule has 0 atom stereocenters. The molecule has 212 valence electrons. The molecule has 1 aromatic heterocycles. The fraction of sp³-hybridized carbons (Fsp3) is 0.500. The van der Waals surface area contributed by atoms with Crippen molar-refractivity contribution in [2.45, 2.75) is 57.7 Å². The highest BCUT2D eigenvalue weighted by Crippen LogP contribution is 2.36. The van der Waals surface area contributed by atoms with Gasteiger partial charge in [-0.1, -0.05) is 24.6 Å². The average molecular weight is 567 g/mol. The number of benzene rings is 1. The molecule has 39 heavy (non-hydrogen) atoms. The van der Waals surface area contributed by atoms with Crippen molar-refractivity contribution in [3.8, 4) is 11.3 Å². The smallest absolute Gasteiger partial charge is 0.382 e. The number of piperidine rings is 2. The van der Waals surface area contributed by atoms with Gasteiger partial charge >= 0.3 is 6.18 Å². The van der Waals surface area contributed by atoms with E-state index in [-0.39, 0.29) is 17.3 Å². The van der Waals surface area contributed by atoms with Crippen LogP contribution in [-0.2, 0) is 12.7 Å². The van der Waals surface area contributed by atoms with Crippen molar-refractivity contribution < 1.29 is 17.6 Å². The summed E-state index contributed by atoms with van der Waals surface area (Å²) in [7, 11) is 0. The van der Waals surface area contributed by atoms with E-state index in [0.29, 0.717) is 17.3 Å². The number of alkyl halides is 3. The minimum atomic E-state index is -4.78. The van der Waals surface area contributed by atoms with Gasteiger partial charge < -0.3 is 20.1 Å². The van der Waals surface area contributed by atoms with Gasteiger partial charge in [-0.05, 0) is 63.9 Å². The maximum atomic E-state index is 13.9. The Morgan fingerprint density at radius 2 is 1.85 bits per heavy atom. The van der Waals surface area contributed by atoms with E-state index in [2.05, 4.69) is 25.9 Å². The summed E-state index contributed by atoms with van der Waals surface area (Å²) >= 11 is 6.42. The number of hydrogen-bond acceptors (Lipinski definition) is 4. The van der Waals surface area contributed by atoms with Crippen LogP contribution in [0.1, 0.15) is 56.3 Å². The molecule has 2 aliphatic rings. The number of rotatable bonds is 8. The molecule has 2 aromatic rings. The Kier molecular flexibility index (Phi) is 9.38. The van der Waals surface area contributed by atoms with Gasteiger partial charge in [0, 0.05) is 55.8 Å². The molecule has 0 radical (unpaired) electrons. The molecule has 2 fully saturated rings. The van der Waals surface area contributed by atoms with Crippen molar-refractivity contribution in [3.05, 3.63) is 65.1 Å². The molecule has 0 saturated carbocycles. The zero-order chi connectivity index (χ0) is 28.2. The van der Waals surface area contributed by atoms with E-state index in [4.69, 9.17) is 22.3 Å². The van der Waals surface area contributed by atoms with E-state index in [1.807, 2.05) is 13.1 Å². The lowest BCUT2D eigenvalue weighted by atomic mass is 9.95. The minimum absolute atomic E-state index is 0.115. The van der Waals surface area contributed by atoms with Gasteiger partial charge in [0.2, 0.25) is 0 Å². The fourth-order valence-electron chi connectivity index (χ4n) is 5.36. The van der Waals surface area contributed by atoms with Crippen LogP contribution < -0.4 is 5.73 Å². The van der Waals surface area contributed by atoms with Crippen LogP contribution in [0.3, 0.4) is 0 Å². The Hall–Kier alpha value is -2.85. The number of amidine groups is 1. The molecule has 2 aliphatic heterocycles. The van der Waals surface area contributed by atoms with E-state index < -0.39 is 17.6 Å². The highest BCUT2D eigenvalue weighted by atomic mass is 35.5. The van der Waals surface area contributed by atoms with Crippen LogP contribution >= 0.6 is 11.6 Å². The number of hydrogen-bond donors (Lipinski definition) is 1. The largest absolute Gasteiger partial charge is 0.419 e. The second-order valence-corrected chi connectivity index (χ2v) is 10.5. The predicted molar refractivity (Wildman–Crippen MR) is 147 cm³/mol. The Morgan fingerprint density at radius 3 is 2.49 bits per heavy atom. The van der Waals surface area contributed by atoms with Crippen LogP contribution in [-0.4, -0.2) is 57.9 Å². The summed E-state index contributed by atoms with van der Waals surface area (Å²) < 4.78 is 56.2. The summed E-state index contributed by atoms with van der Waals surface area (Å²) in [4.78, 5) is 13.4. The first kappa shape index (κ1) is 29.1. The molecule has 3 heterocycles. The van der Waals surface area contributed by atoms with E-state index in [1.165, 1.54) is 31.5 Å². The normalized spacial score (nSPS) is 18.8. The van der Waals surface area contributed by atoms with E-state index in [0.717, 1.165) is 69.2 Å². The second-order valence-electron chi connectivity index (χ2n) is 10.1. The summed E-state index contributed by atoms with van der Waals surface area (Å²) in [5, 5.41) is 0.385. The summed E-state index contributed by atoms with van der Waals surface area (Å²) in [6, 6.07) is 3.08. The molecule has 0 unspecified atom stereocenters. The van der Waals surface area contributed by atoms with Gasteiger partial charge in [-0.15, -0.1) is 0 Å². The van der Waals surface area contributed by atoms with Crippen molar-refractivity contribution in [1.82, 2.24) is 19.4 Å². The molecule has 1 aromatic carbocycles. The van der Waals surface area contributed by atoms with Crippen molar-refractivity contribution in [2.75, 3.05) is 32.7 Å². The number of nitrogens with two attached hydrogens (primary N) is 1. The van der Waals surface area contributed by atoms with Crippen molar-refractivity contribution in [1.29, 1.82) is 0 Å². The SMILES string of the molecule is C=CN=C(N)/C(Cl)=C(\C)N1CCC(c2nc(-c3ccc(F)c(C(F)(F)F)c3)cn2CCN2CCCCC2)CC1. The maximum absolute atomic E-state index is 13.9. The first-order chi connectivity index (χ1) is 18.6. The van der Waals surface area contributed by atoms with Crippen molar-refractivity contribution in [3.63, 3.8) is 0 Å². The Bertz CT molecular complexity index is 1220. The Labute approximate surface area is 231 Å². The van der Waals surface area contributed by atoms with E-state index in [9.17, 15) is 17.6 Å². The topological polar surface area (TPSA) is 62.7 Å². The van der Waals surface area contributed by atoms with Gasteiger partial charge in [0.25, 0.3) is 0 Å². The first-order valence-electron chi connectivity index (χ1n) is 13.3. The minimum Gasteiger partial charge on any atom is -0.382 e. The molecule has 11 heteroatoms. The number of aromatic nitrogens is 2. The van der Waals surface area contributed by atoms with Crippen LogP contribution in [0.2, 0.25) is 0 Å². The molecule has 0 aliphatic carbocycles. The molecular weight excluding hydrogens is 532 g/mol. The third kappa shape index (κ3) is 7.03. The molecular formula is C28H35ClF4N6. The number of nitrogens with zero attached hydrogens (tertiary/aromatic N) is 5. The molecule has 2 saturated heterocycles. The second kappa shape index (κ2) is 12.6. The van der Waals surface area contributed by atoms with Gasteiger partial charge in [0.1, 0.15) is 22.5 Å². The van der Waals surface area contributed by atoms with Gasteiger partial charge in [0.05, 0.1) is 11.3 Å². The predicted octanol–water partition coefficient (Wildman–Crippen LogP) is 6.34. The summed E-state index contributed by atoms with van der Waals surface area (Å²) in [5.74, 6) is -0.115. The lowest BCUT2D eigenvalue weighted by molar-refractivity contribution is -0.139. The Balaban J connectivity index is 1.58. The average Bonchev–Trinajstić information content (AvgIpc) is 3.35. The molecule has 0 spiro atoms. The van der Waals surface area contributed by atoms with Crippen LogP contribution in [0.4, 0.5) is 17.6 Å². The molecule has 2 N–H and O–H groups in total. The lowest BCUT2D eigenvalue weighted by Crippen LogP contribution is -2.35. The van der Waals surface area contributed by atoms with Crippen molar-refractivity contribution >= 4 is 17.4 Å². The molecule has 4 rings (SSSR count). The zero-order valence-corrected chi connectivity index (χ0v) is 22.9. The van der Waals surface area contributed by atoms with Gasteiger partial charge in [0.15, 0.2) is 0 Å². The quantitative estimate of drug-likeness (QED) is 0.230. The van der Waals surface area contributed by atoms with Gasteiger partial charge in [-0.2, -0.15) is 13.2 Å². The number of imidazole rings is 1. The summed E-state index contributed by atoms with van der Waals surface area (Å²) in [5.41, 5.74) is 6.15. The highest BCUT2D eigenvalue weighted by molar-refractivity contribution is 6.43. The summed E-state index contributed by atoms with van der Waals surface area (Å²) in [6.45, 7) is 10.5. The standard InChI is InChI=1S/C28H35ClF4N6/c1-3-35-26(34)25(29)19(2)38-13-9-20(10-14-38)27-36-24(18-39(27)16-15-37-11-5-4-6-12-37)21-7-8-23(30)22(17-21)28(31,32)33/h3,7-8,17-18,20H,1,4-6,9-16H2,2H3,(H2,34,35)/b25-19-. The third-order valence-electron chi connectivity index (χ3n) is 7.59. The molecule has 0 bridgehead atoms. The Morgan fingerprint density at radius 1 is 1.15 bits per heavy atom. The summed E-state index contributed by atoms with van der Waals surface area (Å²) in [6.07, 6.45) is 3.55. The van der Waals surface area contributed by atoms with Crippen LogP contribution in [0.5, 0.6) is 0 Å². The van der Waals surface area contributed by atoms with Gasteiger partial charge in [-0.3, -0.25) is 0 Å². The van der Waals surface area contributed by atoms with E-state index in [1.54, 1.807) is 0 Å². The highest BCUT2D eigenvalue weighted by Gasteiger charge is 2.35. The molecule has 6 nitrogen and oxygen atoms in total. The third-order valence-corrected chi connectivity index (χ3v) is 8.06. The first-order valence-corrected chi connectivity index (χ1v) is 13.7. The zero-order valence-electron chi connectivity index (χ0n) is 22.2. The number of likely N-dealkylation sites (tertiary alicyclic amines) is 2. The van der Waals surface area contributed by atoms with E-state index >= 15 is 0 Å². The van der Waals surface area contributed by atoms with Crippen LogP contribution in [0.15, 0.2) is 52.9 Å². The number of halogens is 5. The number of allylic oxidation sites excluding steroid dienone is 1. The lowest BCUT2D eigenvalue weighted by Gasteiger charge is -2.34. The van der Waals surface area contributed by atoms with Crippen molar-refractivity contribution in [2.24, 2.45) is 10.7 Å². The van der Waals surface area contributed by atoms with Crippen LogP contribution in [0.25, 0.3) is 11.3 Å². The van der Waals surface area contributed by atoms with Crippen LogP contribution in [0, 0.1) is 5.82 Å².